The molecule has 21 heavy (non-hydrogen) atoms. The zero-order chi connectivity index (χ0) is 14.8. The molecule has 1 N–H and O–H groups in total. The van der Waals surface area contributed by atoms with Crippen LogP contribution in [0.5, 0.6) is 0 Å². The molecular weight excluding hydrogens is 285 g/mol. The van der Waals surface area contributed by atoms with E-state index >= 15 is 0 Å². The van der Waals surface area contributed by atoms with E-state index in [4.69, 9.17) is 11.6 Å². The van der Waals surface area contributed by atoms with Gasteiger partial charge in [-0.15, -0.1) is 0 Å². The summed E-state index contributed by atoms with van der Waals surface area (Å²) in [6.45, 7) is 2.12. The molecule has 0 spiro atoms. The lowest BCUT2D eigenvalue weighted by molar-refractivity contribution is 0.266. The van der Waals surface area contributed by atoms with Crippen molar-refractivity contribution in [2.24, 2.45) is 0 Å². The monoisotopic (exact) mass is 303 g/mol. The van der Waals surface area contributed by atoms with Gasteiger partial charge < -0.3 is 5.32 Å². The first-order valence-electron chi connectivity index (χ1n) is 7.40. The number of halogens is 2. The van der Waals surface area contributed by atoms with Crippen LogP contribution in [0.1, 0.15) is 42.9 Å². The van der Waals surface area contributed by atoms with Gasteiger partial charge in [0.1, 0.15) is 5.82 Å². The third-order valence-electron chi connectivity index (χ3n) is 4.34. The predicted molar refractivity (Wildman–Crippen MR) is 85.2 cm³/mol. The normalized spacial score (nSPS) is 22.6. The maximum Gasteiger partial charge on any atom is 0.126 e. The first-order valence-corrected chi connectivity index (χ1v) is 7.78. The molecular formula is C18H19ClFN. The molecule has 0 amide bonds. The molecule has 110 valence electrons. The summed E-state index contributed by atoms with van der Waals surface area (Å²) in [4.78, 5) is 0. The molecule has 3 rings (SSSR count). The summed E-state index contributed by atoms with van der Waals surface area (Å²) in [5.41, 5.74) is 1.97. The van der Waals surface area contributed by atoms with Crippen LogP contribution in [0.25, 0.3) is 0 Å². The van der Waals surface area contributed by atoms with Gasteiger partial charge in [-0.3, -0.25) is 0 Å². The van der Waals surface area contributed by atoms with Crippen molar-refractivity contribution in [2.75, 3.05) is 0 Å². The molecule has 0 aliphatic heterocycles. The number of hydrogen-bond acceptors (Lipinski definition) is 1. The minimum absolute atomic E-state index is 0.0832. The van der Waals surface area contributed by atoms with Crippen LogP contribution in [0.3, 0.4) is 0 Å². The van der Waals surface area contributed by atoms with Gasteiger partial charge in [-0.1, -0.05) is 48.0 Å². The largest absolute Gasteiger partial charge is 0.307 e. The minimum Gasteiger partial charge on any atom is -0.307 e. The maximum atomic E-state index is 13.7. The van der Waals surface area contributed by atoms with Crippen LogP contribution < -0.4 is 5.32 Å². The molecule has 1 saturated carbocycles. The summed E-state index contributed by atoms with van der Waals surface area (Å²) in [7, 11) is 0. The van der Waals surface area contributed by atoms with Crippen LogP contribution in [-0.2, 0) is 0 Å². The zero-order valence-corrected chi connectivity index (χ0v) is 12.8. The summed E-state index contributed by atoms with van der Waals surface area (Å²) >= 11 is 6.22. The van der Waals surface area contributed by atoms with Crippen molar-refractivity contribution >= 4 is 11.6 Å². The highest BCUT2D eigenvalue weighted by atomic mass is 35.5. The second-order valence-electron chi connectivity index (χ2n) is 5.80. The molecule has 2 aromatic carbocycles. The fraction of sp³-hybridized carbons (Fsp3) is 0.333. The molecule has 1 atom stereocenters. The van der Waals surface area contributed by atoms with Crippen molar-refractivity contribution in [3.05, 3.63) is 70.5 Å². The Hall–Kier alpha value is -1.38. The minimum atomic E-state index is -0.0832. The van der Waals surface area contributed by atoms with Gasteiger partial charge in [0, 0.05) is 17.1 Å². The summed E-state index contributed by atoms with van der Waals surface area (Å²) in [6, 6.07) is 15.6. The smallest absolute Gasteiger partial charge is 0.126 e. The van der Waals surface area contributed by atoms with Gasteiger partial charge >= 0.3 is 0 Å². The van der Waals surface area contributed by atoms with Gasteiger partial charge in [-0.05, 0) is 48.9 Å². The number of nitrogens with one attached hydrogen (secondary N) is 1. The lowest BCUT2D eigenvalue weighted by Gasteiger charge is -2.38. The van der Waals surface area contributed by atoms with Crippen LogP contribution in [0.4, 0.5) is 4.39 Å². The SMILES string of the molecule is C[C@@H](NC1CC(c2ccccc2F)C1)c1ccccc1Cl. The third kappa shape index (κ3) is 3.12. The first kappa shape index (κ1) is 14.6. The highest BCUT2D eigenvalue weighted by molar-refractivity contribution is 6.31. The Bertz CT molecular complexity index is 622. The zero-order valence-electron chi connectivity index (χ0n) is 12.0. The van der Waals surface area contributed by atoms with Gasteiger partial charge in [0.15, 0.2) is 0 Å². The quantitative estimate of drug-likeness (QED) is 0.831. The predicted octanol–water partition coefficient (Wildman–Crippen LogP) is 5.08. The van der Waals surface area contributed by atoms with Crippen molar-refractivity contribution in [3.8, 4) is 0 Å². The molecule has 0 saturated heterocycles. The van der Waals surface area contributed by atoms with Crippen molar-refractivity contribution in [3.63, 3.8) is 0 Å². The Balaban J connectivity index is 1.58. The highest BCUT2D eigenvalue weighted by Crippen LogP contribution is 2.39. The van der Waals surface area contributed by atoms with Crippen molar-refractivity contribution < 1.29 is 4.39 Å². The summed E-state index contributed by atoms with van der Waals surface area (Å²) in [5.74, 6) is 0.252. The molecule has 0 radical (unpaired) electrons. The Morgan fingerprint density at radius 2 is 1.76 bits per heavy atom. The Kier molecular flexibility index (Phi) is 4.27. The molecule has 0 aromatic heterocycles. The van der Waals surface area contributed by atoms with E-state index in [1.807, 2.05) is 36.4 Å². The van der Waals surface area contributed by atoms with Crippen LogP contribution in [-0.4, -0.2) is 6.04 Å². The van der Waals surface area contributed by atoms with Gasteiger partial charge in [-0.25, -0.2) is 4.39 Å². The van der Waals surface area contributed by atoms with E-state index in [9.17, 15) is 4.39 Å². The molecule has 3 heteroatoms. The molecule has 2 aromatic rings. The first-order chi connectivity index (χ1) is 10.1. The van der Waals surface area contributed by atoms with E-state index < -0.39 is 0 Å². The number of hydrogen-bond donors (Lipinski definition) is 1. The molecule has 0 bridgehead atoms. The fourth-order valence-electron chi connectivity index (χ4n) is 3.08. The molecule has 1 aliphatic carbocycles. The fourth-order valence-corrected chi connectivity index (χ4v) is 3.38. The molecule has 1 fully saturated rings. The molecule has 1 nitrogen and oxygen atoms in total. The molecule has 0 heterocycles. The van der Waals surface area contributed by atoms with Gasteiger partial charge in [0.2, 0.25) is 0 Å². The van der Waals surface area contributed by atoms with Gasteiger partial charge in [0.05, 0.1) is 0 Å². The van der Waals surface area contributed by atoms with Crippen LogP contribution in [0.15, 0.2) is 48.5 Å². The average Bonchev–Trinajstić information content (AvgIpc) is 2.44. The Morgan fingerprint density at radius 3 is 2.48 bits per heavy atom. The van der Waals surface area contributed by atoms with E-state index in [2.05, 4.69) is 12.2 Å². The van der Waals surface area contributed by atoms with Crippen LogP contribution >= 0.6 is 11.6 Å². The van der Waals surface area contributed by atoms with Crippen molar-refractivity contribution in [1.29, 1.82) is 0 Å². The molecule has 1 aliphatic rings. The van der Waals surface area contributed by atoms with Gasteiger partial charge in [0.25, 0.3) is 0 Å². The highest BCUT2D eigenvalue weighted by Gasteiger charge is 2.32. The van der Waals surface area contributed by atoms with E-state index in [0.29, 0.717) is 12.0 Å². The lowest BCUT2D eigenvalue weighted by Crippen LogP contribution is -2.41. The van der Waals surface area contributed by atoms with Crippen LogP contribution in [0, 0.1) is 5.82 Å². The Labute approximate surface area is 130 Å². The van der Waals surface area contributed by atoms with E-state index in [1.54, 1.807) is 12.1 Å². The van der Waals surface area contributed by atoms with Crippen molar-refractivity contribution in [2.45, 2.75) is 37.8 Å². The second kappa shape index (κ2) is 6.17. The summed E-state index contributed by atoms with van der Waals surface area (Å²) < 4.78 is 13.7. The van der Waals surface area contributed by atoms with Gasteiger partial charge in [-0.2, -0.15) is 0 Å². The second-order valence-corrected chi connectivity index (χ2v) is 6.20. The van der Waals surface area contributed by atoms with E-state index in [-0.39, 0.29) is 11.9 Å². The third-order valence-corrected chi connectivity index (χ3v) is 4.68. The van der Waals surface area contributed by atoms with Crippen LogP contribution in [0.2, 0.25) is 5.02 Å². The lowest BCUT2D eigenvalue weighted by atomic mass is 9.75. The van der Waals surface area contributed by atoms with Crippen molar-refractivity contribution in [1.82, 2.24) is 5.32 Å². The van der Waals surface area contributed by atoms with E-state index in [1.165, 1.54) is 0 Å². The number of benzene rings is 2. The summed E-state index contributed by atoms with van der Waals surface area (Å²) in [5, 5.41) is 4.38. The topological polar surface area (TPSA) is 12.0 Å². The maximum absolute atomic E-state index is 13.7. The van der Waals surface area contributed by atoms with E-state index in [0.717, 1.165) is 29.0 Å². The standard InChI is InChI=1S/C18H19ClFN/c1-12(15-6-2-4-8-17(15)19)21-14-10-13(11-14)16-7-3-5-9-18(16)20/h2-9,12-14,21H,10-11H2,1H3/t12-,13?,14?/m1/s1. The summed E-state index contributed by atoms with van der Waals surface area (Å²) in [6.07, 6.45) is 1.96. The average molecular weight is 304 g/mol. The molecule has 0 unspecified atom stereocenters. The number of rotatable bonds is 4. The Morgan fingerprint density at radius 1 is 1.10 bits per heavy atom.